The molecular weight excluding hydrogens is 391 g/mol. The van der Waals surface area contributed by atoms with Crippen molar-refractivity contribution in [1.82, 2.24) is 15.0 Å². The van der Waals surface area contributed by atoms with Gasteiger partial charge in [0, 0.05) is 17.6 Å². The molecule has 0 radical (unpaired) electrons. The lowest BCUT2D eigenvalue weighted by Crippen LogP contribution is -2.40. The van der Waals surface area contributed by atoms with Crippen LogP contribution in [0.2, 0.25) is 15.1 Å². The van der Waals surface area contributed by atoms with Crippen LogP contribution in [-0.4, -0.2) is 27.5 Å². The van der Waals surface area contributed by atoms with Crippen molar-refractivity contribution >= 4 is 40.8 Å². The highest BCUT2D eigenvalue weighted by Gasteiger charge is 2.45. The van der Waals surface area contributed by atoms with Gasteiger partial charge in [0.2, 0.25) is 5.95 Å². The van der Waals surface area contributed by atoms with Gasteiger partial charge in [0.1, 0.15) is 6.33 Å². The lowest BCUT2D eigenvalue weighted by Gasteiger charge is -2.32. The minimum atomic E-state index is 0.447. The van der Waals surface area contributed by atoms with Crippen molar-refractivity contribution in [1.29, 1.82) is 0 Å². The van der Waals surface area contributed by atoms with Crippen molar-refractivity contribution in [3.05, 3.63) is 33.5 Å². The van der Waals surface area contributed by atoms with E-state index in [1.54, 1.807) is 18.5 Å². The summed E-state index contributed by atoms with van der Waals surface area (Å²) in [6.45, 7) is 3.14. The van der Waals surface area contributed by atoms with Gasteiger partial charge in [0.25, 0.3) is 0 Å². The number of rotatable bonds is 7. The Morgan fingerprint density at radius 2 is 1.65 bits per heavy atom. The molecule has 2 aliphatic carbocycles. The third-order valence-corrected chi connectivity index (χ3v) is 5.90. The van der Waals surface area contributed by atoms with Crippen LogP contribution in [0.25, 0.3) is 11.4 Å². The largest absolute Gasteiger partial charge is 0.337 e. The maximum Gasteiger partial charge on any atom is 0.229 e. The van der Waals surface area contributed by atoms with E-state index in [1.807, 2.05) is 0 Å². The lowest BCUT2D eigenvalue weighted by molar-refractivity contribution is 0.469. The van der Waals surface area contributed by atoms with Gasteiger partial charge >= 0.3 is 0 Å². The first kappa shape index (κ1) is 18.3. The summed E-state index contributed by atoms with van der Waals surface area (Å²) in [5.41, 5.74) is 0.604. The molecule has 2 saturated carbocycles. The molecule has 2 aromatic rings. The molecule has 0 aliphatic heterocycles. The molecule has 1 aromatic heterocycles. The molecule has 1 aromatic carbocycles. The Morgan fingerprint density at radius 1 is 1.04 bits per heavy atom. The minimum absolute atomic E-state index is 0.447. The van der Waals surface area contributed by atoms with E-state index in [0.717, 1.165) is 30.7 Å². The van der Waals surface area contributed by atoms with E-state index < -0.39 is 0 Å². The number of hydrogen-bond acceptors (Lipinski definition) is 4. The average Bonchev–Trinajstić information content (AvgIpc) is 3.48. The molecule has 7 heteroatoms. The standard InChI is InChI=1S/C19H21Cl3N4/c1-2-7-26(17(11-3-4-11)12-5-6-12)19-24-10-23-18(25-19)16-14(21)8-13(20)9-15(16)22/h8-12,17H,2-7H2,1H3. The molecule has 4 rings (SSSR count). The van der Waals surface area contributed by atoms with Gasteiger partial charge in [-0.3, -0.25) is 0 Å². The summed E-state index contributed by atoms with van der Waals surface area (Å²) in [6, 6.07) is 3.87. The highest BCUT2D eigenvalue weighted by molar-refractivity contribution is 6.41. The molecule has 0 unspecified atom stereocenters. The maximum absolute atomic E-state index is 6.36. The number of nitrogens with zero attached hydrogens (tertiary/aromatic N) is 4. The zero-order valence-electron chi connectivity index (χ0n) is 14.6. The van der Waals surface area contributed by atoms with Crippen LogP contribution in [0.5, 0.6) is 0 Å². The van der Waals surface area contributed by atoms with Crippen LogP contribution in [0.1, 0.15) is 39.0 Å². The molecule has 0 atom stereocenters. The van der Waals surface area contributed by atoms with Crippen molar-refractivity contribution in [3.63, 3.8) is 0 Å². The Bertz CT molecular complexity index is 770. The van der Waals surface area contributed by atoms with E-state index >= 15 is 0 Å². The molecule has 0 amide bonds. The molecule has 0 spiro atoms. The molecule has 26 heavy (non-hydrogen) atoms. The third kappa shape index (κ3) is 3.78. The maximum atomic E-state index is 6.36. The molecule has 1 heterocycles. The van der Waals surface area contributed by atoms with Crippen LogP contribution in [0.4, 0.5) is 5.95 Å². The van der Waals surface area contributed by atoms with Crippen molar-refractivity contribution in [2.45, 2.75) is 45.1 Å². The number of benzene rings is 1. The van der Waals surface area contributed by atoms with E-state index in [-0.39, 0.29) is 0 Å². The molecule has 138 valence electrons. The van der Waals surface area contributed by atoms with Gasteiger partial charge in [-0.2, -0.15) is 4.98 Å². The topological polar surface area (TPSA) is 41.9 Å². The second kappa shape index (κ2) is 7.49. The molecular formula is C19H21Cl3N4. The van der Waals surface area contributed by atoms with Crippen molar-refractivity contribution in [3.8, 4) is 11.4 Å². The van der Waals surface area contributed by atoms with E-state index in [1.165, 1.54) is 25.7 Å². The Labute approximate surface area is 168 Å². The summed E-state index contributed by atoms with van der Waals surface area (Å²) in [4.78, 5) is 15.9. The van der Waals surface area contributed by atoms with Crippen molar-refractivity contribution < 1.29 is 0 Å². The van der Waals surface area contributed by atoms with Crippen LogP contribution >= 0.6 is 34.8 Å². The summed E-state index contributed by atoms with van der Waals surface area (Å²) < 4.78 is 0. The van der Waals surface area contributed by atoms with E-state index in [0.29, 0.717) is 32.5 Å². The monoisotopic (exact) mass is 410 g/mol. The molecule has 4 nitrogen and oxygen atoms in total. The van der Waals surface area contributed by atoms with Crippen LogP contribution < -0.4 is 4.90 Å². The van der Waals surface area contributed by atoms with Gasteiger partial charge in [-0.15, -0.1) is 0 Å². The Balaban J connectivity index is 1.72. The van der Waals surface area contributed by atoms with Gasteiger partial charge in [0.15, 0.2) is 5.82 Å². The predicted octanol–water partition coefficient (Wildman–Crippen LogP) is 5.90. The molecule has 0 bridgehead atoms. The number of hydrogen-bond donors (Lipinski definition) is 0. The van der Waals surface area contributed by atoms with Gasteiger partial charge in [-0.1, -0.05) is 41.7 Å². The Kier molecular flexibility index (Phi) is 5.27. The fourth-order valence-electron chi connectivity index (χ4n) is 3.69. The van der Waals surface area contributed by atoms with E-state index in [2.05, 4.69) is 21.8 Å². The Morgan fingerprint density at radius 3 is 2.19 bits per heavy atom. The zero-order chi connectivity index (χ0) is 18.3. The van der Waals surface area contributed by atoms with Crippen LogP contribution in [0.15, 0.2) is 18.5 Å². The first-order valence-corrected chi connectivity index (χ1v) is 10.3. The first-order valence-electron chi connectivity index (χ1n) is 9.19. The smallest absolute Gasteiger partial charge is 0.229 e. The highest BCUT2D eigenvalue weighted by Crippen LogP contribution is 2.48. The highest BCUT2D eigenvalue weighted by atomic mass is 35.5. The first-order chi connectivity index (χ1) is 12.6. The Hall–Kier alpha value is -1.10. The van der Waals surface area contributed by atoms with Gasteiger partial charge in [-0.25, -0.2) is 9.97 Å². The normalized spacial score (nSPS) is 17.0. The number of aromatic nitrogens is 3. The van der Waals surface area contributed by atoms with Crippen LogP contribution in [-0.2, 0) is 0 Å². The molecule has 0 N–H and O–H groups in total. The quantitative estimate of drug-likeness (QED) is 0.568. The van der Waals surface area contributed by atoms with E-state index in [9.17, 15) is 0 Å². The second-order valence-corrected chi connectivity index (χ2v) is 8.46. The molecule has 2 aliphatic rings. The van der Waals surface area contributed by atoms with E-state index in [4.69, 9.17) is 39.8 Å². The summed E-state index contributed by atoms with van der Waals surface area (Å²) in [6.07, 6.45) is 7.86. The van der Waals surface area contributed by atoms with Crippen molar-refractivity contribution in [2.24, 2.45) is 11.8 Å². The number of halogens is 3. The second-order valence-electron chi connectivity index (χ2n) is 7.21. The summed E-state index contributed by atoms with van der Waals surface area (Å²) >= 11 is 18.8. The van der Waals surface area contributed by atoms with Crippen molar-refractivity contribution in [2.75, 3.05) is 11.4 Å². The average molecular weight is 412 g/mol. The zero-order valence-corrected chi connectivity index (χ0v) is 16.9. The predicted molar refractivity (Wildman–Crippen MR) is 107 cm³/mol. The van der Waals surface area contributed by atoms with Crippen LogP contribution in [0.3, 0.4) is 0 Å². The molecule has 0 saturated heterocycles. The summed E-state index contributed by atoms with van der Waals surface area (Å²) in [7, 11) is 0. The SMILES string of the molecule is CCCN(c1ncnc(-c2c(Cl)cc(Cl)cc2Cl)n1)C(C1CC1)C1CC1. The van der Waals surface area contributed by atoms with Gasteiger partial charge < -0.3 is 4.90 Å². The van der Waals surface area contributed by atoms with Gasteiger partial charge in [0.05, 0.1) is 15.6 Å². The summed E-state index contributed by atoms with van der Waals surface area (Å²) in [5, 5.41) is 1.39. The van der Waals surface area contributed by atoms with Gasteiger partial charge in [-0.05, 0) is 56.1 Å². The number of anilines is 1. The van der Waals surface area contributed by atoms with Crippen LogP contribution in [0, 0.1) is 11.8 Å². The fourth-order valence-corrected chi connectivity index (χ4v) is 4.68. The third-order valence-electron chi connectivity index (χ3n) is 5.08. The molecule has 2 fully saturated rings. The summed E-state index contributed by atoms with van der Waals surface area (Å²) in [5.74, 6) is 2.77. The minimum Gasteiger partial charge on any atom is -0.337 e. The fraction of sp³-hybridized carbons (Fsp3) is 0.526. The lowest BCUT2D eigenvalue weighted by atomic mass is 10.1.